The van der Waals surface area contributed by atoms with Gasteiger partial charge in [0.2, 0.25) is 11.8 Å². The van der Waals surface area contributed by atoms with Gasteiger partial charge in [0.1, 0.15) is 0 Å². The smallest absolute Gasteiger partial charge is 0.222 e. The van der Waals surface area contributed by atoms with Crippen LogP contribution in [0, 0.1) is 6.92 Å². The lowest BCUT2D eigenvalue weighted by Crippen LogP contribution is -2.30. The number of benzene rings is 1. The molecule has 132 valence electrons. The van der Waals surface area contributed by atoms with Crippen LogP contribution in [-0.2, 0) is 16.1 Å². The molecule has 25 heavy (non-hydrogen) atoms. The van der Waals surface area contributed by atoms with E-state index in [9.17, 15) is 14.4 Å². The number of nitrogens with one attached hydrogen (secondary N) is 2. The summed E-state index contributed by atoms with van der Waals surface area (Å²) in [5.74, 6) is -0.351. The number of Topliss-reactive ketones (excluding diaryl/α,β-unsaturated/α-hetero) is 1. The lowest BCUT2D eigenvalue weighted by Gasteiger charge is -2.08. The maximum absolute atomic E-state index is 11.8. The topological polar surface area (TPSA) is 75.3 Å². The Morgan fingerprint density at radius 1 is 0.920 bits per heavy atom. The molecule has 0 saturated heterocycles. The Morgan fingerprint density at radius 2 is 1.68 bits per heavy atom. The van der Waals surface area contributed by atoms with Crippen molar-refractivity contribution in [2.75, 3.05) is 6.54 Å². The highest BCUT2D eigenvalue weighted by Gasteiger charge is 2.10. The number of ketones is 1. The van der Waals surface area contributed by atoms with Crippen LogP contribution in [0.5, 0.6) is 0 Å². The number of rotatable bonds is 9. The summed E-state index contributed by atoms with van der Waals surface area (Å²) >= 11 is 1.37. The van der Waals surface area contributed by atoms with Crippen molar-refractivity contribution in [2.45, 2.75) is 32.7 Å². The standard InChI is InChI=1S/C19H22N2O3S/c1-14-5-2-3-6-15(14)13-21-19(24)10-11-20-18(23)9-8-16(22)17-7-4-12-25-17/h2-7,12H,8-11,13H2,1H3,(H,20,23)(H,21,24). The largest absolute Gasteiger partial charge is 0.356 e. The summed E-state index contributed by atoms with van der Waals surface area (Å²) < 4.78 is 0. The van der Waals surface area contributed by atoms with Crippen LogP contribution in [0.25, 0.3) is 0 Å². The number of thiophene rings is 1. The van der Waals surface area contributed by atoms with Crippen LogP contribution < -0.4 is 10.6 Å². The highest BCUT2D eigenvalue weighted by molar-refractivity contribution is 7.12. The lowest BCUT2D eigenvalue weighted by molar-refractivity contribution is -0.122. The van der Waals surface area contributed by atoms with Crippen LogP contribution in [0.3, 0.4) is 0 Å². The summed E-state index contributed by atoms with van der Waals surface area (Å²) in [6, 6.07) is 11.4. The van der Waals surface area contributed by atoms with Crippen molar-refractivity contribution in [3.63, 3.8) is 0 Å². The van der Waals surface area contributed by atoms with Gasteiger partial charge in [-0.1, -0.05) is 30.3 Å². The van der Waals surface area contributed by atoms with Gasteiger partial charge in [0.15, 0.2) is 5.78 Å². The highest BCUT2D eigenvalue weighted by Crippen LogP contribution is 2.12. The highest BCUT2D eigenvalue weighted by atomic mass is 32.1. The van der Waals surface area contributed by atoms with E-state index >= 15 is 0 Å². The van der Waals surface area contributed by atoms with E-state index < -0.39 is 0 Å². The van der Waals surface area contributed by atoms with Gasteiger partial charge < -0.3 is 10.6 Å². The zero-order valence-electron chi connectivity index (χ0n) is 14.2. The molecule has 0 aliphatic heterocycles. The average Bonchev–Trinajstić information content (AvgIpc) is 3.13. The predicted molar refractivity (Wildman–Crippen MR) is 98.5 cm³/mol. The molecule has 2 aromatic rings. The van der Waals surface area contributed by atoms with Crippen LogP contribution in [0.4, 0.5) is 0 Å². The van der Waals surface area contributed by atoms with E-state index in [-0.39, 0.29) is 43.4 Å². The van der Waals surface area contributed by atoms with E-state index in [1.165, 1.54) is 11.3 Å². The minimum atomic E-state index is -0.211. The Kier molecular flexibility index (Phi) is 7.35. The van der Waals surface area contributed by atoms with Crippen LogP contribution in [0.1, 0.15) is 40.1 Å². The van der Waals surface area contributed by atoms with Gasteiger partial charge in [-0.25, -0.2) is 0 Å². The number of hydrogen-bond donors (Lipinski definition) is 2. The Morgan fingerprint density at radius 3 is 2.40 bits per heavy atom. The number of amides is 2. The fraction of sp³-hybridized carbons (Fsp3) is 0.316. The molecule has 0 fully saturated rings. The van der Waals surface area contributed by atoms with Crippen LogP contribution in [0.2, 0.25) is 0 Å². The quantitative estimate of drug-likeness (QED) is 0.677. The molecule has 2 N–H and O–H groups in total. The Labute approximate surface area is 151 Å². The minimum absolute atomic E-state index is 0.0267. The molecule has 1 heterocycles. The predicted octanol–water partition coefficient (Wildman–Crippen LogP) is 2.84. The van der Waals surface area contributed by atoms with Crippen LogP contribution in [-0.4, -0.2) is 24.1 Å². The Bertz CT molecular complexity index is 726. The van der Waals surface area contributed by atoms with E-state index in [0.29, 0.717) is 11.4 Å². The molecular formula is C19H22N2O3S. The van der Waals surface area contributed by atoms with E-state index in [0.717, 1.165) is 11.1 Å². The van der Waals surface area contributed by atoms with Gasteiger partial charge in [-0.2, -0.15) is 0 Å². The summed E-state index contributed by atoms with van der Waals surface area (Å²) in [5, 5.41) is 7.35. The molecule has 0 saturated carbocycles. The zero-order chi connectivity index (χ0) is 18.1. The molecule has 0 atom stereocenters. The molecule has 1 aromatic heterocycles. The number of hydrogen-bond acceptors (Lipinski definition) is 4. The summed E-state index contributed by atoms with van der Waals surface area (Å²) in [6.07, 6.45) is 0.546. The molecule has 0 bridgehead atoms. The first-order valence-electron chi connectivity index (χ1n) is 8.21. The monoisotopic (exact) mass is 358 g/mol. The van der Waals surface area contributed by atoms with E-state index in [1.807, 2.05) is 42.6 Å². The third-order valence-electron chi connectivity index (χ3n) is 3.79. The lowest BCUT2D eigenvalue weighted by atomic mass is 10.1. The second-order valence-corrected chi connectivity index (χ2v) is 6.65. The summed E-state index contributed by atoms with van der Waals surface area (Å²) in [4.78, 5) is 36.0. The summed E-state index contributed by atoms with van der Waals surface area (Å²) in [6.45, 7) is 2.75. The van der Waals surface area contributed by atoms with Gasteiger partial charge >= 0.3 is 0 Å². The maximum atomic E-state index is 11.8. The van der Waals surface area contributed by atoms with Crippen molar-refractivity contribution in [3.8, 4) is 0 Å². The van der Waals surface area contributed by atoms with Crippen LogP contribution >= 0.6 is 11.3 Å². The fourth-order valence-electron chi connectivity index (χ4n) is 2.28. The number of carbonyl (C=O) groups excluding carboxylic acids is 3. The SMILES string of the molecule is Cc1ccccc1CNC(=O)CCNC(=O)CCC(=O)c1cccs1. The van der Waals surface area contributed by atoms with Crippen molar-refractivity contribution in [3.05, 3.63) is 57.8 Å². The Balaban J connectivity index is 1.60. The molecule has 2 amide bonds. The van der Waals surface area contributed by atoms with Gasteiger partial charge in [-0.05, 0) is 29.5 Å². The second-order valence-electron chi connectivity index (χ2n) is 5.70. The molecule has 6 heteroatoms. The van der Waals surface area contributed by atoms with Gasteiger partial charge in [-0.15, -0.1) is 11.3 Å². The molecule has 0 spiro atoms. The number of carbonyl (C=O) groups is 3. The van der Waals surface area contributed by atoms with Crippen molar-refractivity contribution >= 4 is 28.9 Å². The first kappa shape index (κ1) is 18.9. The molecule has 2 rings (SSSR count). The molecule has 5 nitrogen and oxygen atoms in total. The normalized spacial score (nSPS) is 10.3. The summed E-state index contributed by atoms with van der Waals surface area (Å²) in [7, 11) is 0. The molecule has 1 aromatic carbocycles. The van der Waals surface area contributed by atoms with Gasteiger partial charge in [-0.3, -0.25) is 14.4 Å². The van der Waals surface area contributed by atoms with E-state index in [1.54, 1.807) is 6.07 Å². The average molecular weight is 358 g/mol. The maximum Gasteiger partial charge on any atom is 0.222 e. The van der Waals surface area contributed by atoms with E-state index in [2.05, 4.69) is 10.6 Å². The third kappa shape index (κ3) is 6.51. The second kappa shape index (κ2) is 9.74. The molecule has 0 aliphatic rings. The van der Waals surface area contributed by atoms with E-state index in [4.69, 9.17) is 0 Å². The first-order chi connectivity index (χ1) is 12.1. The van der Waals surface area contributed by atoms with Crippen LogP contribution in [0.15, 0.2) is 41.8 Å². The summed E-state index contributed by atoms with van der Waals surface area (Å²) in [5.41, 5.74) is 2.21. The molecule has 0 radical (unpaired) electrons. The van der Waals surface area contributed by atoms with Crippen molar-refractivity contribution < 1.29 is 14.4 Å². The van der Waals surface area contributed by atoms with Crippen molar-refractivity contribution in [1.29, 1.82) is 0 Å². The zero-order valence-corrected chi connectivity index (χ0v) is 15.0. The number of aryl methyl sites for hydroxylation is 1. The van der Waals surface area contributed by atoms with Crippen molar-refractivity contribution in [1.82, 2.24) is 10.6 Å². The van der Waals surface area contributed by atoms with Gasteiger partial charge in [0.05, 0.1) is 4.88 Å². The van der Waals surface area contributed by atoms with Crippen molar-refractivity contribution in [2.24, 2.45) is 0 Å². The Hall–Kier alpha value is -2.47. The third-order valence-corrected chi connectivity index (χ3v) is 4.70. The molecular weight excluding hydrogens is 336 g/mol. The van der Waals surface area contributed by atoms with Gasteiger partial charge in [0, 0.05) is 32.4 Å². The fourth-order valence-corrected chi connectivity index (χ4v) is 2.98. The van der Waals surface area contributed by atoms with Gasteiger partial charge in [0.25, 0.3) is 0 Å². The minimum Gasteiger partial charge on any atom is -0.356 e. The molecule has 0 unspecified atom stereocenters. The molecule has 0 aliphatic carbocycles. The first-order valence-corrected chi connectivity index (χ1v) is 9.09.